The Labute approximate surface area is 174 Å². The molecule has 2 aromatic rings. The number of carbonyl (C=O) groups is 1. The van der Waals surface area contributed by atoms with Gasteiger partial charge in [0.15, 0.2) is 0 Å². The van der Waals surface area contributed by atoms with Crippen LogP contribution in [0.5, 0.6) is 0 Å². The molecule has 1 saturated heterocycles. The number of hydrogen-bond acceptors (Lipinski definition) is 4. The van der Waals surface area contributed by atoms with Crippen molar-refractivity contribution in [3.63, 3.8) is 0 Å². The van der Waals surface area contributed by atoms with Gasteiger partial charge in [-0.3, -0.25) is 9.78 Å². The number of nitrogens with zero attached hydrogens (tertiary/aromatic N) is 2. The van der Waals surface area contributed by atoms with E-state index >= 15 is 0 Å². The van der Waals surface area contributed by atoms with Crippen LogP contribution in [0.2, 0.25) is 0 Å². The third-order valence-electron chi connectivity index (χ3n) is 6.43. The van der Waals surface area contributed by atoms with Crippen molar-refractivity contribution in [1.29, 1.82) is 5.26 Å². The number of halogens is 2. The Morgan fingerprint density at radius 2 is 2.00 bits per heavy atom. The van der Waals surface area contributed by atoms with Gasteiger partial charge < -0.3 is 4.74 Å². The Hall–Kier alpha value is -3.07. The smallest absolute Gasteiger partial charge is 0.309 e. The van der Waals surface area contributed by atoms with Gasteiger partial charge in [0.2, 0.25) is 0 Å². The Kier molecular flexibility index (Phi) is 5.15. The second kappa shape index (κ2) is 7.64. The molecule has 0 radical (unpaired) electrons. The van der Waals surface area contributed by atoms with Crippen LogP contribution < -0.4 is 0 Å². The van der Waals surface area contributed by atoms with Crippen molar-refractivity contribution in [2.75, 3.05) is 0 Å². The highest BCUT2D eigenvalue weighted by molar-refractivity contribution is 5.76. The summed E-state index contributed by atoms with van der Waals surface area (Å²) in [5, 5.41) is 9.27. The summed E-state index contributed by atoms with van der Waals surface area (Å²) in [5.74, 6) is -5.84. The molecule has 1 aromatic carbocycles. The average Bonchev–Trinajstić information content (AvgIpc) is 3.01. The van der Waals surface area contributed by atoms with E-state index < -0.39 is 36.1 Å². The summed E-state index contributed by atoms with van der Waals surface area (Å²) in [4.78, 5) is 16.5. The van der Waals surface area contributed by atoms with Crippen LogP contribution >= 0.6 is 0 Å². The predicted molar refractivity (Wildman–Crippen MR) is 108 cm³/mol. The van der Waals surface area contributed by atoms with Gasteiger partial charge in [-0.05, 0) is 31.1 Å². The van der Waals surface area contributed by atoms with Crippen molar-refractivity contribution in [3.8, 4) is 17.2 Å². The maximum Gasteiger partial charge on any atom is 0.309 e. The summed E-state index contributed by atoms with van der Waals surface area (Å²) in [6.45, 7) is 3.31. The molecule has 0 unspecified atom stereocenters. The summed E-state index contributed by atoms with van der Waals surface area (Å²) in [5.41, 5.74) is 2.79. The minimum atomic E-state index is -2.92. The quantitative estimate of drug-likeness (QED) is 0.663. The maximum absolute atomic E-state index is 14.5. The van der Waals surface area contributed by atoms with Gasteiger partial charge in [-0.25, -0.2) is 8.78 Å². The number of hydrogen-bond donors (Lipinski definition) is 0. The molecule has 4 nitrogen and oxygen atoms in total. The highest BCUT2D eigenvalue weighted by atomic mass is 19.3. The molecule has 1 aliphatic carbocycles. The Morgan fingerprint density at radius 3 is 2.70 bits per heavy atom. The molecule has 5 atom stereocenters. The molecule has 154 valence electrons. The van der Waals surface area contributed by atoms with Gasteiger partial charge in [-0.15, -0.1) is 0 Å². The molecule has 0 spiro atoms. The van der Waals surface area contributed by atoms with Crippen LogP contribution in [0.4, 0.5) is 8.78 Å². The van der Waals surface area contributed by atoms with E-state index in [0.717, 1.165) is 11.1 Å². The molecule has 2 heterocycles. The number of pyridine rings is 1. The van der Waals surface area contributed by atoms with Crippen LogP contribution in [-0.4, -0.2) is 23.0 Å². The molecule has 2 fully saturated rings. The normalized spacial score (nSPS) is 30.0. The SMILES string of the molecule is C[C@H]1OC(=O)[C@@H]2CC(F)(F)[C@@H](C)[C@H](/C=C/c3ccc(-c4ccccc4C#N)cn3)[C@H]12. The first kappa shape index (κ1) is 20.2. The number of fused-ring (bicyclic) bond motifs is 1. The minimum absolute atomic E-state index is 0.259. The van der Waals surface area contributed by atoms with Crippen molar-refractivity contribution in [1.82, 2.24) is 4.98 Å². The number of rotatable bonds is 3. The van der Waals surface area contributed by atoms with Gasteiger partial charge in [0.1, 0.15) is 6.10 Å². The Bertz CT molecular complexity index is 1030. The molecule has 6 heteroatoms. The lowest BCUT2D eigenvalue weighted by Gasteiger charge is -2.41. The first-order valence-corrected chi connectivity index (χ1v) is 10.0. The fourth-order valence-electron chi connectivity index (χ4n) is 4.73. The lowest BCUT2D eigenvalue weighted by Crippen LogP contribution is -2.46. The van der Waals surface area contributed by atoms with Crippen LogP contribution in [0, 0.1) is 35.0 Å². The average molecular weight is 408 g/mol. The van der Waals surface area contributed by atoms with E-state index in [0.29, 0.717) is 11.3 Å². The molecule has 30 heavy (non-hydrogen) atoms. The topological polar surface area (TPSA) is 63.0 Å². The second-order valence-electron chi connectivity index (χ2n) is 8.15. The van der Waals surface area contributed by atoms with Gasteiger partial charge >= 0.3 is 5.97 Å². The van der Waals surface area contributed by atoms with Crippen molar-refractivity contribution in [3.05, 3.63) is 59.9 Å². The van der Waals surface area contributed by atoms with Crippen LogP contribution in [0.25, 0.3) is 17.2 Å². The summed E-state index contributed by atoms with van der Waals surface area (Å²) in [6.07, 6.45) is 4.32. The van der Waals surface area contributed by atoms with Crippen molar-refractivity contribution >= 4 is 12.0 Å². The lowest BCUT2D eigenvalue weighted by molar-refractivity contribution is -0.152. The zero-order valence-corrected chi connectivity index (χ0v) is 16.8. The summed E-state index contributed by atoms with van der Waals surface area (Å²) in [6, 6.07) is 13.1. The fourth-order valence-corrected chi connectivity index (χ4v) is 4.73. The number of nitriles is 1. The largest absolute Gasteiger partial charge is 0.462 e. The highest BCUT2D eigenvalue weighted by Crippen LogP contribution is 2.52. The first-order chi connectivity index (χ1) is 14.3. The lowest BCUT2D eigenvalue weighted by atomic mass is 9.64. The first-order valence-electron chi connectivity index (χ1n) is 10.0. The van der Waals surface area contributed by atoms with E-state index in [9.17, 15) is 18.8 Å². The second-order valence-corrected chi connectivity index (χ2v) is 8.15. The van der Waals surface area contributed by atoms with E-state index in [1.54, 1.807) is 43.5 Å². The number of carbonyl (C=O) groups excluding carboxylic acids is 1. The van der Waals surface area contributed by atoms with Gasteiger partial charge in [0.05, 0.1) is 23.2 Å². The van der Waals surface area contributed by atoms with Gasteiger partial charge in [-0.1, -0.05) is 37.3 Å². The van der Waals surface area contributed by atoms with Crippen molar-refractivity contribution < 1.29 is 18.3 Å². The van der Waals surface area contributed by atoms with E-state index in [2.05, 4.69) is 11.1 Å². The number of alkyl halides is 2. The molecule has 1 aliphatic heterocycles. The van der Waals surface area contributed by atoms with E-state index in [1.807, 2.05) is 18.2 Å². The van der Waals surface area contributed by atoms with Gasteiger partial charge in [0, 0.05) is 35.6 Å². The molecular formula is C24H22F2N2O2. The predicted octanol–water partition coefficient (Wildman–Crippen LogP) is 5.10. The number of benzene rings is 1. The molecule has 1 aromatic heterocycles. The van der Waals surface area contributed by atoms with Gasteiger partial charge in [-0.2, -0.15) is 5.26 Å². The van der Waals surface area contributed by atoms with E-state index in [1.165, 1.54) is 6.92 Å². The Morgan fingerprint density at radius 1 is 1.23 bits per heavy atom. The van der Waals surface area contributed by atoms with E-state index in [-0.39, 0.29) is 12.0 Å². The van der Waals surface area contributed by atoms with Crippen molar-refractivity contribution in [2.45, 2.75) is 32.3 Å². The molecule has 0 bridgehead atoms. The molecule has 1 saturated carbocycles. The molecule has 4 rings (SSSR count). The van der Waals surface area contributed by atoms with Crippen LogP contribution in [0.1, 0.15) is 31.5 Å². The van der Waals surface area contributed by atoms with Crippen LogP contribution in [0.3, 0.4) is 0 Å². The number of cyclic esters (lactones) is 1. The number of ether oxygens (including phenoxy) is 1. The summed E-state index contributed by atoms with van der Waals surface area (Å²) >= 11 is 0. The third-order valence-corrected chi connectivity index (χ3v) is 6.43. The summed E-state index contributed by atoms with van der Waals surface area (Å²) < 4.78 is 34.4. The van der Waals surface area contributed by atoms with Crippen molar-refractivity contribution in [2.24, 2.45) is 23.7 Å². The molecule has 2 aliphatic rings. The standard InChI is InChI=1S/C24H22F2N2O2/c1-14-19(22-15(2)30-23(29)21(22)11-24(14,25)26)10-9-18-8-7-17(13-28-18)20-6-4-3-5-16(20)12-27/h3-10,13-15,19,21-22H,11H2,1-2H3/b10-9+/t14-,15+,19-,21+,22-/m0/s1. The maximum atomic E-state index is 14.5. The third kappa shape index (κ3) is 3.49. The monoisotopic (exact) mass is 408 g/mol. The zero-order valence-electron chi connectivity index (χ0n) is 16.8. The molecule has 0 amide bonds. The van der Waals surface area contributed by atoms with Crippen LogP contribution in [0.15, 0.2) is 48.7 Å². The Balaban J connectivity index is 1.59. The molecule has 0 N–H and O–H groups in total. The molecular weight excluding hydrogens is 386 g/mol. The van der Waals surface area contributed by atoms with E-state index in [4.69, 9.17) is 4.74 Å². The fraction of sp³-hybridized carbons (Fsp3) is 0.375. The highest BCUT2D eigenvalue weighted by Gasteiger charge is 2.59. The number of aromatic nitrogens is 1. The number of esters is 1. The summed E-state index contributed by atoms with van der Waals surface area (Å²) in [7, 11) is 0. The minimum Gasteiger partial charge on any atom is -0.462 e. The van der Waals surface area contributed by atoms with Gasteiger partial charge in [0.25, 0.3) is 5.92 Å². The van der Waals surface area contributed by atoms with Crippen LogP contribution in [-0.2, 0) is 9.53 Å². The number of allylic oxidation sites excluding steroid dienone is 1. The zero-order chi connectivity index (χ0) is 21.5.